The molecule has 0 N–H and O–H groups in total. The molecule has 0 radical (unpaired) electrons. The Bertz CT molecular complexity index is 598. The van der Waals surface area contributed by atoms with Gasteiger partial charge in [0.2, 0.25) is 0 Å². The van der Waals surface area contributed by atoms with Crippen molar-refractivity contribution in [1.82, 2.24) is 0 Å². The minimum absolute atomic E-state index is 0.0104. The second kappa shape index (κ2) is 5.66. The molecule has 1 unspecified atom stereocenters. The third-order valence-electron chi connectivity index (χ3n) is 3.14. The van der Waals surface area contributed by atoms with E-state index in [2.05, 4.69) is 0 Å². The Balaban J connectivity index is 3.77. The smallest absolute Gasteiger partial charge is 0.219 e. The van der Waals surface area contributed by atoms with Gasteiger partial charge in [-0.25, -0.2) is 4.39 Å². The fourth-order valence-electron chi connectivity index (χ4n) is 1.79. The molecule has 0 bridgehead atoms. The zero-order chi connectivity index (χ0) is 20.1. The van der Waals surface area contributed by atoms with E-state index in [-0.39, 0.29) is 12.1 Å². The lowest BCUT2D eigenvalue weighted by molar-refractivity contribution is -0.447. The van der Waals surface area contributed by atoms with E-state index < -0.39 is 41.4 Å². The summed E-state index contributed by atoms with van der Waals surface area (Å²) in [4.78, 5) is 0. The predicted molar refractivity (Wildman–Crippen MR) is 56.2 cm³/mol. The second-order valence-corrected chi connectivity index (χ2v) is 4.74. The van der Waals surface area contributed by atoms with E-state index in [9.17, 15) is 57.1 Å². The highest BCUT2D eigenvalue weighted by molar-refractivity contribution is 5.27. The zero-order valence-electron chi connectivity index (χ0n) is 11.3. The van der Waals surface area contributed by atoms with Gasteiger partial charge in [-0.15, -0.1) is 0 Å². The summed E-state index contributed by atoms with van der Waals surface area (Å²) in [5.74, 6) is -21.7. The minimum atomic E-state index is -7.94. The highest BCUT2D eigenvalue weighted by atomic mass is 19.4. The maximum Gasteiger partial charge on any atom is 0.457 e. The molecule has 13 heteroatoms. The summed E-state index contributed by atoms with van der Waals surface area (Å²) in [7, 11) is 0. The molecule has 0 aliphatic heterocycles. The molecule has 1 rings (SSSR count). The lowest BCUT2D eigenvalue weighted by Crippen LogP contribution is -2.73. The van der Waals surface area contributed by atoms with Crippen LogP contribution in [0.3, 0.4) is 0 Å². The number of hydrogen-bond acceptors (Lipinski definition) is 0. The molecule has 25 heavy (non-hydrogen) atoms. The van der Waals surface area contributed by atoms with Crippen molar-refractivity contribution in [2.45, 2.75) is 35.8 Å². The van der Waals surface area contributed by atoms with Gasteiger partial charge >= 0.3 is 35.8 Å². The van der Waals surface area contributed by atoms with Crippen LogP contribution in [-0.4, -0.2) is 29.9 Å². The molecule has 1 atom stereocenters. The van der Waals surface area contributed by atoms with Crippen LogP contribution in [0.25, 0.3) is 0 Å². The van der Waals surface area contributed by atoms with E-state index in [0.29, 0.717) is 12.1 Å². The second-order valence-electron chi connectivity index (χ2n) is 4.74. The van der Waals surface area contributed by atoms with Crippen LogP contribution in [0.4, 0.5) is 57.1 Å². The highest BCUT2D eigenvalue weighted by Gasteiger charge is 2.94. The fraction of sp³-hybridized carbons (Fsp3) is 0.500. The predicted octanol–water partition coefficient (Wildman–Crippen LogP) is 5.88. The third-order valence-corrected chi connectivity index (χ3v) is 3.14. The largest absolute Gasteiger partial charge is 0.457 e. The summed E-state index contributed by atoms with van der Waals surface area (Å²) >= 11 is 0. The van der Waals surface area contributed by atoms with Crippen LogP contribution in [0.1, 0.15) is 5.56 Å². The summed E-state index contributed by atoms with van der Waals surface area (Å²) in [6, 6.07) is 2.02. The summed E-state index contributed by atoms with van der Waals surface area (Å²) in [6.07, 6.45) is -15.2. The average Bonchev–Trinajstić information content (AvgIpc) is 2.44. The molecule has 0 fully saturated rings. The highest BCUT2D eigenvalue weighted by Crippen LogP contribution is 2.64. The van der Waals surface area contributed by atoms with Crippen molar-refractivity contribution in [3.8, 4) is 0 Å². The normalized spacial score (nSPS) is 17.3. The number of halogens is 13. The number of alkyl halides is 13. The average molecular weight is 396 g/mol. The van der Waals surface area contributed by atoms with Crippen molar-refractivity contribution >= 4 is 0 Å². The van der Waals surface area contributed by atoms with Crippen molar-refractivity contribution in [2.24, 2.45) is 0 Å². The van der Waals surface area contributed by atoms with Crippen LogP contribution < -0.4 is 0 Å². The van der Waals surface area contributed by atoms with Crippen LogP contribution in [0.5, 0.6) is 0 Å². The van der Waals surface area contributed by atoms with Gasteiger partial charge in [0.25, 0.3) is 0 Å². The number of hydrogen-bond donors (Lipinski definition) is 0. The van der Waals surface area contributed by atoms with Crippen LogP contribution in [0.2, 0.25) is 0 Å². The van der Waals surface area contributed by atoms with E-state index in [1.807, 2.05) is 0 Å². The summed E-state index contributed by atoms with van der Waals surface area (Å²) in [5.41, 5.74) is -10.0. The first kappa shape index (κ1) is 21.4. The topological polar surface area (TPSA) is 0 Å². The Labute approximate surface area is 130 Å². The van der Waals surface area contributed by atoms with Gasteiger partial charge in [-0.3, -0.25) is 0 Å². The molecule has 0 aromatic heterocycles. The summed E-state index contributed by atoms with van der Waals surface area (Å²) in [5, 5.41) is 0. The van der Waals surface area contributed by atoms with Gasteiger partial charge in [0.1, 0.15) is 0 Å². The molecule has 0 saturated heterocycles. The first-order valence-electron chi connectivity index (χ1n) is 5.87. The molecule has 0 heterocycles. The van der Waals surface area contributed by atoms with E-state index in [1.165, 1.54) is 0 Å². The van der Waals surface area contributed by atoms with Gasteiger partial charge in [-0.2, -0.15) is 52.7 Å². The lowest BCUT2D eigenvalue weighted by Gasteiger charge is -2.42. The van der Waals surface area contributed by atoms with E-state index in [0.717, 1.165) is 6.07 Å². The lowest BCUT2D eigenvalue weighted by atomic mass is 9.82. The molecular formula is C12H5F13. The van der Waals surface area contributed by atoms with Crippen LogP contribution in [0, 0.1) is 0 Å². The van der Waals surface area contributed by atoms with Gasteiger partial charge in [0.05, 0.1) is 0 Å². The standard InChI is InChI=1S/C12H5F13/c13-7(14,6-4-2-1-3-5-6)9(16,17)8(15,11(20,21)22)10(18,19)12(23,24)25/h1-5H. The molecule has 1 aromatic carbocycles. The fourth-order valence-corrected chi connectivity index (χ4v) is 1.79. The monoisotopic (exact) mass is 396 g/mol. The Morgan fingerprint density at radius 3 is 1.20 bits per heavy atom. The quantitative estimate of drug-likeness (QED) is 0.558. The van der Waals surface area contributed by atoms with Crippen LogP contribution >= 0.6 is 0 Å². The summed E-state index contributed by atoms with van der Waals surface area (Å²) < 4.78 is 168. The molecule has 0 aliphatic rings. The Morgan fingerprint density at radius 2 is 0.880 bits per heavy atom. The van der Waals surface area contributed by atoms with E-state index in [4.69, 9.17) is 0 Å². The first-order valence-corrected chi connectivity index (χ1v) is 5.87. The molecule has 0 amide bonds. The molecule has 0 spiro atoms. The van der Waals surface area contributed by atoms with Crippen LogP contribution in [-0.2, 0) is 5.92 Å². The van der Waals surface area contributed by atoms with Gasteiger partial charge in [0.15, 0.2) is 0 Å². The Hall–Kier alpha value is -1.69. The Kier molecular flexibility index (Phi) is 4.83. The molecule has 0 saturated carbocycles. The van der Waals surface area contributed by atoms with Crippen molar-refractivity contribution in [2.75, 3.05) is 0 Å². The summed E-state index contributed by atoms with van der Waals surface area (Å²) in [6.45, 7) is 0. The number of rotatable bonds is 4. The molecule has 144 valence electrons. The van der Waals surface area contributed by atoms with Gasteiger partial charge < -0.3 is 0 Å². The maximum atomic E-state index is 13.7. The van der Waals surface area contributed by atoms with Crippen molar-refractivity contribution in [3.63, 3.8) is 0 Å². The first-order chi connectivity index (χ1) is 10.9. The molecule has 0 nitrogen and oxygen atoms in total. The number of benzene rings is 1. The van der Waals surface area contributed by atoms with Crippen molar-refractivity contribution in [3.05, 3.63) is 35.9 Å². The van der Waals surface area contributed by atoms with Crippen molar-refractivity contribution in [1.29, 1.82) is 0 Å². The van der Waals surface area contributed by atoms with Crippen LogP contribution in [0.15, 0.2) is 30.3 Å². The maximum absolute atomic E-state index is 13.7. The molecule has 1 aromatic rings. The molecular weight excluding hydrogens is 391 g/mol. The SMILES string of the molecule is FC(F)(F)C(F)(F)C(F)(C(F)(F)F)C(F)(F)C(F)(F)c1ccccc1. The van der Waals surface area contributed by atoms with Gasteiger partial charge in [0, 0.05) is 5.56 Å². The zero-order valence-corrected chi connectivity index (χ0v) is 11.3. The third kappa shape index (κ3) is 2.80. The van der Waals surface area contributed by atoms with E-state index >= 15 is 0 Å². The van der Waals surface area contributed by atoms with Gasteiger partial charge in [-0.05, 0) is 0 Å². The molecule has 0 aliphatic carbocycles. The minimum Gasteiger partial charge on any atom is -0.219 e. The van der Waals surface area contributed by atoms with Crippen molar-refractivity contribution < 1.29 is 57.1 Å². The Morgan fingerprint density at radius 1 is 0.480 bits per heavy atom. The van der Waals surface area contributed by atoms with E-state index in [1.54, 1.807) is 0 Å². The van der Waals surface area contributed by atoms with Gasteiger partial charge in [-0.1, -0.05) is 30.3 Å².